The van der Waals surface area contributed by atoms with Crippen molar-refractivity contribution in [3.8, 4) is 5.75 Å². The highest BCUT2D eigenvalue weighted by molar-refractivity contribution is 5.32. The number of benzene rings is 2. The van der Waals surface area contributed by atoms with Crippen molar-refractivity contribution in [1.29, 1.82) is 0 Å². The van der Waals surface area contributed by atoms with Crippen LogP contribution in [0.3, 0.4) is 0 Å². The first-order valence-electron chi connectivity index (χ1n) is 6.86. The first-order valence-corrected chi connectivity index (χ1v) is 6.86. The Morgan fingerprint density at radius 2 is 1.80 bits per heavy atom. The zero-order chi connectivity index (χ0) is 14.0. The van der Waals surface area contributed by atoms with Crippen molar-refractivity contribution in [2.24, 2.45) is 0 Å². The lowest BCUT2D eigenvalue weighted by Gasteiger charge is -2.22. The normalized spacial score (nSPS) is 25.6. The third kappa shape index (κ3) is 2.42. The minimum atomic E-state index is -0.786. The van der Waals surface area contributed by atoms with Gasteiger partial charge in [-0.25, -0.2) is 0 Å². The van der Waals surface area contributed by atoms with Crippen LogP contribution in [0, 0.1) is 0 Å². The average molecular weight is 269 g/mol. The Kier molecular flexibility index (Phi) is 3.47. The topological polar surface area (TPSA) is 41.5 Å². The maximum atomic E-state index is 10.8. The predicted octanol–water partition coefficient (Wildman–Crippen LogP) is 2.62. The summed E-state index contributed by atoms with van der Waals surface area (Å²) in [5.41, 5.74) is 1.37. The summed E-state index contributed by atoms with van der Waals surface area (Å²) >= 11 is 0. The molecule has 0 aromatic heterocycles. The number of hydrogen-bond donors (Lipinski definition) is 2. The van der Waals surface area contributed by atoms with E-state index < -0.39 is 5.60 Å². The Bertz CT molecular complexity index is 567. The van der Waals surface area contributed by atoms with E-state index in [2.05, 4.69) is 5.32 Å². The van der Waals surface area contributed by atoms with Crippen molar-refractivity contribution in [2.45, 2.75) is 18.1 Å². The second-order valence-corrected chi connectivity index (χ2v) is 5.31. The molecular weight excluding hydrogens is 250 g/mol. The summed E-state index contributed by atoms with van der Waals surface area (Å²) in [6.07, 6.45) is 0.684. The lowest BCUT2D eigenvalue weighted by Crippen LogP contribution is -2.28. The van der Waals surface area contributed by atoms with E-state index in [4.69, 9.17) is 4.74 Å². The van der Waals surface area contributed by atoms with Crippen molar-refractivity contribution < 1.29 is 9.84 Å². The summed E-state index contributed by atoms with van der Waals surface area (Å²) in [5, 5.41) is 14.2. The fourth-order valence-corrected chi connectivity index (χ4v) is 2.81. The second-order valence-electron chi connectivity index (χ2n) is 5.31. The largest absolute Gasteiger partial charge is 0.497 e. The molecule has 0 radical (unpaired) electrons. The van der Waals surface area contributed by atoms with Crippen LogP contribution in [-0.4, -0.2) is 18.8 Å². The molecule has 1 aliphatic rings. The van der Waals surface area contributed by atoms with Crippen molar-refractivity contribution in [2.75, 3.05) is 13.7 Å². The Morgan fingerprint density at radius 1 is 1.10 bits per heavy atom. The van der Waals surface area contributed by atoms with E-state index in [1.165, 1.54) is 5.56 Å². The maximum Gasteiger partial charge on any atom is 0.118 e. The van der Waals surface area contributed by atoms with Crippen LogP contribution in [0.25, 0.3) is 0 Å². The molecule has 0 amide bonds. The molecule has 0 spiro atoms. The third-order valence-electron chi connectivity index (χ3n) is 4.01. The van der Waals surface area contributed by atoms with Crippen molar-refractivity contribution in [1.82, 2.24) is 5.32 Å². The van der Waals surface area contributed by atoms with Crippen LogP contribution in [-0.2, 0) is 5.60 Å². The molecule has 0 bridgehead atoms. The zero-order valence-electron chi connectivity index (χ0n) is 11.5. The van der Waals surface area contributed by atoms with Gasteiger partial charge < -0.3 is 15.2 Å². The Morgan fingerprint density at radius 3 is 2.45 bits per heavy atom. The highest BCUT2D eigenvalue weighted by atomic mass is 16.5. The van der Waals surface area contributed by atoms with Gasteiger partial charge >= 0.3 is 0 Å². The molecule has 3 nitrogen and oxygen atoms in total. The van der Waals surface area contributed by atoms with Gasteiger partial charge in [0, 0.05) is 19.0 Å². The van der Waals surface area contributed by atoms with Gasteiger partial charge in [0.15, 0.2) is 0 Å². The molecule has 104 valence electrons. The quantitative estimate of drug-likeness (QED) is 0.900. The smallest absolute Gasteiger partial charge is 0.118 e. The number of hydrogen-bond acceptors (Lipinski definition) is 3. The van der Waals surface area contributed by atoms with Crippen LogP contribution in [0.2, 0.25) is 0 Å². The van der Waals surface area contributed by atoms with Crippen LogP contribution in [0.1, 0.15) is 23.6 Å². The molecule has 0 aliphatic carbocycles. The van der Waals surface area contributed by atoms with Gasteiger partial charge in [0.25, 0.3) is 0 Å². The predicted molar refractivity (Wildman–Crippen MR) is 78.7 cm³/mol. The molecule has 1 fully saturated rings. The van der Waals surface area contributed by atoms with E-state index in [-0.39, 0.29) is 6.04 Å². The van der Waals surface area contributed by atoms with Gasteiger partial charge in [-0.2, -0.15) is 0 Å². The van der Waals surface area contributed by atoms with Crippen LogP contribution < -0.4 is 10.1 Å². The summed E-state index contributed by atoms with van der Waals surface area (Å²) < 4.78 is 5.17. The SMILES string of the molecule is COc1ccc(C2CC(O)(c3ccccc3)CN2)cc1. The molecule has 3 heteroatoms. The number of aliphatic hydroxyl groups is 1. The first-order chi connectivity index (χ1) is 9.71. The van der Waals surface area contributed by atoms with Gasteiger partial charge in [0.1, 0.15) is 11.4 Å². The lowest BCUT2D eigenvalue weighted by molar-refractivity contribution is 0.0559. The summed E-state index contributed by atoms with van der Waals surface area (Å²) in [4.78, 5) is 0. The van der Waals surface area contributed by atoms with E-state index in [0.29, 0.717) is 13.0 Å². The van der Waals surface area contributed by atoms with Gasteiger partial charge in [-0.1, -0.05) is 42.5 Å². The molecule has 2 atom stereocenters. The highest BCUT2D eigenvalue weighted by Gasteiger charge is 2.38. The fourth-order valence-electron chi connectivity index (χ4n) is 2.81. The number of methoxy groups -OCH3 is 1. The standard InChI is InChI=1S/C17H19NO2/c1-20-15-9-7-13(8-10-15)16-11-17(19,12-18-16)14-5-3-2-4-6-14/h2-10,16,18-19H,11-12H2,1H3. The summed E-state index contributed by atoms with van der Waals surface area (Å²) in [7, 11) is 1.66. The molecule has 20 heavy (non-hydrogen) atoms. The molecule has 2 aromatic rings. The minimum Gasteiger partial charge on any atom is -0.497 e. The van der Waals surface area contributed by atoms with Crippen molar-refractivity contribution in [3.63, 3.8) is 0 Å². The number of nitrogens with one attached hydrogen (secondary N) is 1. The summed E-state index contributed by atoms with van der Waals surface area (Å²) in [6.45, 7) is 0.577. The number of β-amino-alcohol motifs (C(OH)–C–C–N with tert-alkyl or cyclic N) is 1. The van der Waals surface area contributed by atoms with E-state index in [1.807, 2.05) is 54.6 Å². The van der Waals surface area contributed by atoms with E-state index >= 15 is 0 Å². The number of ether oxygens (including phenoxy) is 1. The molecule has 3 rings (SSSR count). The van der Waals surface area contributed by atoms with E-state index in [9.17, 15) is 5.11 Å². The van der Waals surface area contributed by atoms with Gasteiger partial charge in [-0.3, -0.25) is 0 Å². The average Bonchev–Trinajstić information content (AvgIpc) is 2.92. The highest BCUT2D eigenvalue weighted by Crippen LogP contribution is 2.37. The minimum absolute atomic E-state index is 0.172. The Labute approximate surface area is 119 Å². The van der Waals surface area contributed by atoms with Crippen LogP contribution >= 0.6 is 0 Å². The Hall–Kier alpha value is -1.84. The maximum absolute atomic E-state index is 10.8. The monoisotopic (exact) mass is 269 g/mol. The van der Waals surface area contributed by atoms with Gasteiger partial charge in [0.2, 0.25) is 0 Å². The van der Waals surface area contributed by atoms with Crippen LogP contribution in [0.15, 0.2) is 54.6 Å². The van der Waals surface area contributed by atoms with Gasteiger partial charge in [-0.15, -0.1) is 0 Å². The Balaban J connectivity index is 1.79. The van der Waals surface area contributed by atoms with Gasteiger partial charge in [-0.05, 0) is 23.3 Å². The molecule has 1 saturated heterocycles. The zero-order valence-corrected chi connectivity index (χ0v) is 11.5. The second kappa shape index (κ2) is 5.27. The molecular formula is C17H19NO2. The lowest BCUT2D eigenvalue weighted by atomic mass is 9.89. The van der Waals surface area contributed by atoms with E-state index in [1.54, 1.807) is 7.11 Å². The van der Waals surface area contributed by atoms with Gasteiger partial charge in [0.05, 0.1) is 7.11 Å². The fraction of sp³-hybridized carbons (Fsp3) is 0.294. The molecule has 1 aliphatic heterocycles. The summed E-state index contributed by atoms with van der Waals surface area (Å²) in [6, 6.07) is 18.0. The van der Waals surface area contributed by atoms with Crippen molar-refractivity contribution >= 4 is 0 Å². The molecule has 2 N–H and O–H groups in total. The van der Waals surface area contributed by atoms with Crippen LogP contribution in [0.4, 0.5) is 0 Å². The van der Waals surface area contributed by atoms with Crippen LogP contribution in [0.5, 0.6) is 5.75 Å². The molecule has 2 aromatic carbocycles. The van der Waals surface area contributed by atoms with E-state index in [0.717, 1.165) is 11.3 Å². The molecule has 2 unspecified atom stereocenters. The number of rotatable bonds is 3. The molecule has 1 heterocycles. The summed E-state index contributed by atoms with van der Waals surface area (Å²) in [5.74, 6) is 0.852. The van der Waals surface area contributed by atoms with Crippen molar-refractivity contribution in [3.05, 3.63) is 65.7 Å². The first kappa shape index (κ1) is 13.2. The molecule has 0 saturated carbocycles. The third-order valence-corrected chi connectivity index (χ3v) is 4.01.